The van der Waals surface area contributed by atoms with Crippen LogP contribution in [-0.2, 0) is 0 Å². The molecule has 1 saturated carbocycles. The molecule has 1 aromatic heterocycles. The van der Waals surface area contributed by atoms with E-state index in [-0.39, 0.29) is 0 Å². The van der Waals surface area contributed by atoms with Crippen LogP contribution in [-0.4, -0.2) is 29.6 Å². The topological polar surface area (TPSA) is 34.1 Å². The van der Waals surface area contributed by atoms with Crippen LogP contribution in [0.1, 0.15) is 19.3 Å². The summed E-state index contributed by atoms with van der Waals surface area (Å²) in [4.78, 5) is 4.52. The van der Waals surface area contributed by atoms with Crippen molar-refractivity contribution in [1.82, 2.24) is 4.98 Å². The molecule has 0 radical (unpaired) electrons. The first-order valence-corrected chi connectivity index (χ1v) is 8.31. The molecule has 0 amide bonds. The van der Waals surface area contributed by atoms with Crippen LogP contribution < -0.4 is 10.1 Å². The van der Waals surface area contributed by atoms with Crippen LogP contribution in [0, 0.1) is 0 Å². The molecule has 1 aliphatic carbocycles. The molecule has 0 bridgehead atoms. The number of rotatable bonds is 4. The summed E-state index contributed by atoms with van der Waals surface area (Å²) in [5.74, 6) is 1.86. The highest BCUT2D eigenvalue weighted by molar-refractivity contribution is 7.99. The Labute approximate surface area is 124 Å². The van der Waals surface area contributed by atoms with Gasteiger partial charge in [0.2, 0.25) is 0 Å². The number of anilines is 1. The van der Waals surface area contributed by atoms with Gasteiger partial charge in [0, 0.05) is 22.9 Å². The molecule has 1 aromatic carbocycles. The third-order valence-corrected chi connectivity index (χ3v) is 5.13. The first kappa shape index (κ1) is 13.6. The Kier molecular flexibility index (Phi) is 4.01. The molecule has 1 N–H and O–H groups in total. The minimum atomic E-state index is 0.539. The molecule has 20 heavy (non-hydrogen) atoms. The van der Waals surface area contributed by atoms with Crippen LogP contribution in [0.5, 0.6) is 5.75 Å². The number of hydrogen-bond acceptors (Lipinski definition) is 4. The predicted molar refractivity (Wildman–Crippen MR) is 86.9 cm³/mol. The zero-order valence-electron chi connectivity index (χ0n) is 11.9. The van der Waals surface area contributed by atoms with E-state index < -0.39 is 0 Å². The van der Waals surface area contributed by atoms with Crippen molar-refractivity contribution in [3.63, 3.8) is 0 Å². The summed E-state index contributed by atoms with van der Waals surface area (Å²) in [6.45, 7) is 0. The first-order chi connectivity index (χ1) is 9.80. The molecule has 2 atom stereocenters. The van der Waals surface area contributed by atoms with Crippen LogP contribution in [0.15, 0.2) is 30.5 Å². The zero-order valence-corrected chi connectivity index (χ0v) is 12.7. The Morgan fingerprint density at radius 2 is 2.20 bits per heavy atom. The van der Waals surface area contributed by atoms with E-state index in [4.69, 9.17) is 4.74 Å². The van der Waals surface area contributed by atoms with Crippen molar-refractivity contribution < 1.29 is 4.74 Å². The molecule has 106 valence electrons. The van der Waals surface area contributed by atoms with E-state index in [0.717, 1.165) is 22.2 Å². The van der Waals surface area contributed by atoms with E-state index in [1.165, 1.54) is 24.6 Å². The molecule has 0 saturated heterocycles. The van der Waals surface area contributed by atoms with Gasteiger partial charge in [-0.15, -0.1) is 0 Å². The molecule has 4 heteroatoms. The number of fused-ring (bicyclic) bond motifs is 1. The number of thioether (sulfide) groups is 1. The summed E-state index contributed by atoms with van der Waals surface area (Å²) in [6.07, 6.45) is 7.83. The average Bonchev–Trinajstić information content (AvgIpc) is 2.95. The maximum absolute atomic E-state index is 5.32. The van der Waals surface area contributed by atoms with Crippen LogP contribution in [0.3, 0.4) is 0 Å². The number of nitrogens with zero attached hydrogens (tertiary/aromatic N) is 1. The van der Waals surface area contributed by atoms with Crippen LogP contribution in [0.25, 0.3) is 10.8 Å². The van der Waals surface area contributed by atoms with E-state index in [0.29, 0.717) is 6.04 Å². The quantitative estimate of drug-likeness (QED) is 0.924. The fourth-order valence-electron chi connectivity index (χ4n) is 2.87. The van der Waals surface area contributed by atoms with Crippen LogP contribution >= 0.6 is 11.8 Å². The van der Waals surface area contributed by atoms with E-state index in [1.807, 2.05) is 30.1 Å². The van der Waals surface area contributed by atoms with Gasteiger partial charge >= 0.3 is 0 Å². The summed E-state index contributed by atoms with van der Waals surface area (Å²) in [5.41, 5.74) is 0. The molecule has 0 spiro atoms. The minimum Gasteiger partial charge on any atom is -0.497 e. The predicted octanol–water partition coefficient (Wildman–Crippen LogP) is 3.94. The second-order valence-electron chi connectivity index (χ2n) is 5.26. The Morgan fingerprint density at radius 1 is 1.30 bits per heavy atom. The summed E-state index contributed by atoms with van der Waals surface area (Å²) < 4.78 is 5.32. The highest BCUT2D eigenvalue weighted by Crippen LogP contribution is 2.32. The summed E-state index contributed by atoms with van der Waals surface area (Å²) in [6, 6.07) is 8.72. The lowest BCUT2D eigenvalue weighted by molar-refractivity contribution is 0.415. The van der Waals surface area contributed by atoms with Gasteiger partial charge in [0.1, 0.15) is 11.6 Å². The lowest BCUT2D eigenvalue weighted by Crippen LogP contribution is -2.17. The lowest BCUT2D eigenvalue weighted by Gasteiger charge is -2.15. The van der Waals surface area contributed by atoms with E-state index in [9.17, 15) is 0 Å². The maximum atomic E-state index is 5.32. The Balaban J connectivity index is 1.87. The van der Waals surface area contributed by atoms with Gasteiger partial charge in [-0.3, -0.25) is 0 Å². The SMILES string of the molecule is COc1ccc2ccnc(NC3CCC(SC)C3)c2c1. The Morgan fingerprint density at radius 3 is 2.95 bits per heavy atom. The molecule has 3 rings (SSSR count). The molecule has 2 unspecified atom stereocenters. The number of aromatic nitrogens is 1. The van der Waals surface area contributed by atoms with E-state index >= 15 is 0 Å². The van der Waals surface area contributed by atoms with Crippen molar-refractivity contribution >= 4 is 28.4 Å². The molecule has 1 fully saturated rings. The number of methoxy groups -OCH3 is 1. The van der Waals surface area contributed by atoms with E-state index in [2.05, 4.69) is 28.7 Å². The molecule has 1 aliphatic rings. The molecule has 3 nitrogen and oxygen atoms in total. The van der Waals surface area contributed by atoms with Crippen LogP contribution in [0.4, 0.5) is 5.82 Å². The van der Waals surface area contributed by atoms with Gasteiger partial charge in [-0.25, -0.2) is 4.98 Å². The highest BCUT2D eigenvalue weighted by Gasteiger charge is 2.24. The minimum absolute atomic E-state index is 0.539. The molecule has 1 heterocycles. The normalized spacial score (nSPS) is 22.1. The zero-order chi connectivity index (χ0) is 13.9. The number of nitrogens with one attached hydrogen (secondary N) is 1. The third kappa shape index (κ3) is 2.70. The summed E-state index contributed by atoms with van der Waals surface area (Å²) in [7, 11) is 1.70. The average molecular weight is 288 g/mol. The van der Waals surface area contributed by atoms with Crippen molar-refractivity contribution in [3.8, 4) is 5.75 Å². The first-order valence-electron chi connectivity index (χ1n) is 7.02. The van der Waals surface area contributed by atoms with Gasteiger partial charge < -0.3 is 10.1 Å². The third-order valence-electron chi connectivity index (χ3n) is 4.03. The molecule has 2 aromatic rings. The Hall–Kier alpha value is -1.42. The summed E-state index contributed by atoms with van der Waals surface area (Å²) >= 11 is 1.98. The molecular weight excluding hydrogens is 268 g/mol. The van der Waals surface area contributed by atoms with Crippen molar-refractivity contribution in [2.75, 3.05) is 18.7 Å². The molecular formula is C16H20N2OS. The molecule has 0 aliphatic heterocycles. The van der Waals surface area contributed by atoms with Crippen LogP contribution in [0.2, 0.25) is 0 Å². The lowest BCUT2D eigenvalue weighted by atomic mass is 10.1. The number of benzene rings is 1. The fraction of sp³-hybridized carbons (Fsp3) is 0.438. The van der Waals surface area contributed by atoms with Gasteiger partial charge in [0.05, 0.1) is 7.11 Å². The smallest absolute Gasteiger partial charge is 0.134 e. The van der Waals surface area contributed by atoms with E-state index in [1.54, 1.807) is 7.11 Å². The van der Waals surface area contributed by atoms with Crippen molar-refractivity contribution in [2.45, 2.75) is 30.6 Å². The summed E-state index contributed by atoms with van der Waals surface area (Å²) in [5, 5.41) is 6.74. The van der Waals surface area contributed by atoms with Crippen molar-refractivity contribution in [3.05, 3.63) is 30.5 Å². The van der Waals surface area contributed by atoms with Crippen molar-refractivity contribution in [2.24, 2.45) is 0 Å². The van der Waals surface area contributed by atoms with Gasteiger partial charge in [-0.1, -0.05) is 6.07 Å². The highest BCUT2D eigenvalue weighted by atomic mass is 32.2. The van der Waals surface area contributed by atoms with Gasteiger partial charge in [0.15, 0.2) is 0 Å². The standard InChI is InChI=1S/C16H20N2OS/c1-19-13-5-3-11-7-8-17-16(15(11)10-13)18-12-4-6-14(9-12)20-2/h3,5,7-8,10,12,14H,4,6,9H2,1-2H3,(H,17,18). The number of hydrogen-bond donors (Lipinski definition) is 1. The fourth-order valence-corrected chi connectivity index (χ4v) is 3.66. The Bertz CT molecular complexity index is 602. The van der Waals surface area contributed by atoms with Crippen molar-refractivity contribution in [1.29, 1.82) is 0 Å². The number of ether oxygens (including phenoxy) is 1. The number of pyridine rings is 1. The second kappa shape index (κ2) is 5.92. The maximum Gasteiger partial charge on any atom is 0.134 e. The monoisotopic (exact) mass is 288 g/mol. The second-order valence-corrected chi connectivity index (χ2v) is 6.40. The van der Waals surface area contributed by atoms with Gasteiger partial charge in [-0.05, 0) is 49.1 Å². The van der Waals surface area contributed by atoms with Gasteiger partial charge in [0.25, 0.3) is 0 Å². The van der Waals surface area contributed by atoms with Gasteiger partial charge in [-0.2, -0.15) is 11.8 Å². The largest absolute Gasteiger partial charge is 0.497 e.